The number of rotatable bonds is 6. The Labute approximate surface area is 178 Å². The summed E-state index contributed by atoms with van der Waals surface area (Å²) in [4.78, 5) is 38.7. The number of amides is 3. The van der Waals surface area contributed by atoms with Crippen molar-refractivity contribution < 1.29 is 19.1 Å². The first-order chi connectivity index (χ1) is 13.8. The quantitative estimate of drug-likeness (QED) is 0.729. The summed E-state index contributed by atoms with van der Waals surface area (Å²) < 4.78 is 5.70. The van der Waals surface area contributed by atoms with Crippen molar-refractivity contribution in [2.45, 2.75) is 26.3 Å². The van der Waals surface area contributed by atoms with Crippen molar-refractivity contribution in [1.82, 2.24) is 5.32 Å². The van der Waals surface area contributed by atoms with Crippen LogP contribution in [0.25, 0.3) is 0 Å². The molecular weight excluding hydrogens is 414 g/mol. The Morgan fingerprint density at radius 3 is 2.76 bits per heavy atom. The number of hydrogen-bond donors (Lipinski definition) is 2. The predicted molar refractivity (Wildman–Crippen MR) is 114 cm³/mol. The van der Waals surface area contributed by atoms with E-state index in [-0.39, 0.29) is 36.8 Å². The van der Waals surface area contributed by atoms with Crippen LogP contribution in [-0.2, 0) is 14.3 Å². The molecule has 0 radical (unpaired) electrons. The summed E-state index contributed by atoms with van der Waals surface area (Å²) in [5, 5.41) is 5.63. The summed E-state index contributed by atoms with van der Waals surface area (Å²) in [6, 6.07) is 8.38. The van der Waals surface area contributed by atoms with E-state index >= 15 is 0 Å². The van der Waals surface area contributed by atoms with Gasteiger partial charge >= 0.3 is 0 Å². The Bertz CT molecular complexity index is 930. The Balaban J connectivity index is 1.55. The van der Waals surface area contributed by atoms with Gasteiger partial charge in [0.25, 0.3) is 11.8 Å². The average Bonchev–Trinajstić information content (AvgIpc) is 3.09. The third-order valence-electron chi connectivity index (χ3n) is 4.42. The molecule has 1 fully saturated rings. The van der Waals surface area contributed by atoms with Crippen LogP contribution < -0.4 is 15.5 Å². The fourth-order valence-electron chi connectivity index (χ4n) is 3.08. The molecule has 2 heterocycles. The van der Waals surface area contributed by atoms with Crippen molar-refractivity contribution in [3.05, 3.63) is 45.1 Å². The smallest absolute Gasteiger partial charge is 0.261 e. The molecule has 1 atom stereocenters. The summed E-state index contributed by atoms with van der Waals surface area (Å²) in [7, 11) is 0. The lowest BCUT2D eigenvalue weighted by molar-refractivity contribution is -0.125. The van der Waals surface area contributed by atoms with Crippen LogP contribution in [0.4, 0.5) is 11.4 Å². The van der Waals surface area contributed by atoms with Crippen molar-refractivity contribution in [2.75, 3.05) is 30.0 Å². The van der Waals surface area contributed by atoms with E-state index in [1.807, 2.05) is 19.1 Å². The van der Waals surface area contributed by atoms with Gasteiger partial charge in [-0.2, -0.15) is 0 Å². The van der Waals surface area contributed by atoms with E-state index in [2.05, 4.69) is 10.6 Å². The molecule has 1 unspecified atom stereocenters. The van der Waals surface area contributed by atoms with Crippen LogP contribution in [0.1, 0.15) is 28.6 Å². The number of carbonyl (C=O) groups excluding carboxylic acids is 3. The van der Waals surface area contributed by atoms with E-state index in [9.17, 15) is 14.4 Å². The van der Waals surface area contributed by atoms with Crippen LogP contribution in [0.15, 0.2) is 30.3 Å². The molecule has 1 aromatic heterocycles. The number of morpholine rings is 1. The zero-order valence-corrected chi connectivity index (χ0v) is 17.7. The molecule has 1 aliphatic rings. The van der Waals surface area contributed by atoms with Crippen molar-refractivity contribution in [3.8, 4) is 0 Å². The number of hydrogen-bond acceptors (Lipinski definition) is 5. The summed E-state index contributed by atoms with van der Waals surface area (Å²) in [6.45, 7) is 4.76. The first kappa shape index (κ1) is 21.3. The average molecular weight is 436 g/mol. The molecule has 3 rings (SSSR count). The van der Waals surface area contributed by atoms with Gasteiger partial charge < -0.3 is 20.3 Å². The molecule has 0 saturated carbocycles. The van der Waals surface area contributed by atoms with Crippen molar-refractivity contribution >= 4 is 52.0 Å². The Morgan fingerprint density at radius 2 is 2.10 bits per heavy atom. The lowest BCUT2D eigenvalue weighted by Gasteiger charge is -2.28. The van der Waals surface area contributed by atoms with Crippen molar-refractivity contribution in [2.24, 2.45) is 0 Å². The van der Waals surface area contributed by atoms with Crippen LogP contribution in [-0.4, -0.2) is 43.5 Å². The second kappa shape index (κ2) is 9.39. The van der Waals surface area contributed by atoms with E-state index in [1.165, 1.54) is 11.3 Å². The van der Waals surface area contributed by atoms with Gasteiger partial charge in [0, 0.05) is 30.4 Å². The van der Waals surface area contributed by atoms with Gasteiger partial charge in [-0.05, 0) is 49.7 Å². The maximum Gasteiger partial charge on any atom is 0.261 e. The van der Waals surface area contributed by atoms with Crippen LogP contribution in [0.3, 0.4) is 0 Å². The third kappa shape index (κ3) is 5.56. The number of benzene rings is 1. The first-order valence-corrected chi connectivity index (χ1v) is 10.4. The van der Waals surface area contributed by atoms with E-state index in [4.69, 9.17) is 16.3 Å². The van der Waals surface area contributed by atoms with Crippen LogP contribution in [0.2, 0.25) is 4.34 Å². The molecule has 2 N–H and O–H groups in total. The molecule has 0 bridgehead atoms. The van der Waals surface area contributed by atoms with Gasteiger partial charge in [-0.25, -0.2) is 0 Å². The van der Waals surface area contributed by atoms with E-state index in [0.717, 1.165) is 11.3 Å². The van der Waals surface area contributed by atoms with Gasteiger partial charge in [-0.1, -0.05) is 11.6 Å². The highest BCUT2D eigenvalue weighted by molar-refractivity contribution is 7.18. The van der Waals surface area contributed by atoms with E-state index in [0.29, 0.717) is 28.1 Å². The molecule has 7 nitrogen and oxygen atoms in total. The normalized spacial score (nSPS) is 15.1. The highest BCUT2D eigenvalue weighted by Gasteiger charge is 2.22. The molecule has 1 saturated heterocycles. The summed E-state index contributed by atoms with van der Waals surface area (Å²) >= 11 is 7.03. The maximum absolute atomic E-state index is 12.3. The zero-order chi connectivity index (χ0) is 21.0. The summed E-state index contributed by atoms with van der Waals surface area (Å²) in [6.07, 6.45) is 0.133. The number of thiophene rings is 1. The molecule has 1 aromatic carbocycles. The van der Waals surface area contributed by atoms with Gasteiger partial charge in [0.15, 0.2) is 0 Å². The van der Waals surface area contributed by atoms with Crippen molar-refractivity contribution in [3.63, 3.8) is 0 Å². The number of ether oxygens (including phenoxy) is 1. The Morgan fingerprint density at radius 1 is 1.31 bits per heavy atom. The van der Waals surface area contributed by atoms with Gasteiger partial charge in [-0.15, -0.1) is 11.3 Å². The minimum absolute atomic E-state index is 0.0762. The molecule has 154 valence electrons. The van der Waals surface area contributed by atoms with Gasteiger partial charge in [0.1, 0.15) is 6.61 Å². The second-order valence-electron chi connectivity index (χ2n) is 6.83. The lowest BCUT2D eigenvalue weighted by Crippen LogP contribution is -2.42. The Hall–Kier alpha value is -2.42. The largest absolute Gasteiger partial charge is 0.370 e. The third-order valence-corrected chi connectivity index (χ3v) is 5.65. The van der Waals surface area contributed by atoms with E-state index in [1.54, 1.807) is 30.0 Å². The molecule has 0 aliphatic carbocycles. The summed E-state index contributed by atoms with van der Waals surface area (Å²) in [5.41, 5.74) is 2.33. The van der Waals surface area contributed by atoms with Crippen LogP contribution >= 0.6 is 22.9 Å². The SMILES string of the molecule is Cc1cc(NC(=O)CC(C)NC(=O)c2ccc(Cl)s2)ccc1N1CCOCC1=O. The fourth-order valence-corrected chi connectivity index (χ4v) is 4.03. The number of anilines is 2. The van der Waals surface area contributed by atoms with Gasteiger partial charge in [0.05, 0.1) is 15.8 Å². The monoisotopic (exact) mass is 435 g/mol. The zero-order valence-electron chi connectivity index (χ0n) is 16.2. The molecule has 29 heavy (non-hydrogen) atoms. The summed E-state index contributed by atoms with van der Waals surface area (Å²) in [5.74, 6) is -0.540. The van der Waals surface area contributed by atoms with Crippen molar-refractivity contribution in [1.29, 1.82) is 0 Å². The Kier molecular flexibility index (Phi) is 6.89. The van der Waals surface area contributed by atoms with Crippen LogP contribution in [0, 0.1) is 6.92 Å². The lowest BCUT2D eigenvalue weighted by atomic mass is 10.1. The molecule has 1 aliphatic heterocycles. The predicted octanol–water partition coefficient (Wildman–Crippen LogP) is 3.22. The minimum Gasteiger partial charge on any atom is -0.370 e. The number of aryl methyl sites for hydroxylation is 1. The standard InChI is InChI=1S/C20H22ClN3O4S/c1-12-9-14(3-4-15(12)24-7-8-28-11-19(24)26)23-18(25)10-13(2)22-20(27)16-5-6-17(21)29-16/h3-6,9,13H,7-8,10-11H2,1-2H3,(H,22,27)(H,23,25). The van der Waals surface area contributed by atoms with Gasteiger partial charge in [-0.3, -0.25) is 14.4 Å². The minimum atomic E-state index is -0.338. The number of nitrogens with one attached hydrogen (secondary N) is 2. The highest BCUT2D eigenvalue weighted by Crippen LogP contribution is 2.25. The molecular formula is C20H22ClN3O4S. The fraction of sp³-hybridized carbons (Fsp3) is 0.350. The molecule has 3 amide bonds. The van der Waals surface area contributed by atoms with Crippen LogP contribution in [0.5, 0.6) is 0 Å². The maximum atomic E-state index is 12.3. The topological polar surface area (TPSA) is 87.7 Å². The first-order valence-electron chi connectivity index (χ1n) is 9.18. The number of carbonyl (C=O) groups is 3. The number of halogens is 1. The molecule has 0 spiro atoms. The van der Waals surface area contributed by atoms with Gasteiger partial charge in [0.2, 0.25) is 5.91 Å². The molecule has 2 aromatic rings. The second-order valence-corrected chi connectivity index (χ2v) is 8.54. The molecule has 9 heteroatoms. The van der Waals surface area contributed by atoms with E-state index < -0.39 is 0 Å². The number of nitrogens with zero attached hydrogens (tertiary/aromatic N) is 1. The highest BCUT2D eigenvalue weighted by atomic mass is 35.5.